The minimum absolute atomic E-state index is 0.00286. The van der Waals surface area contributed by atoms with E-state index in [1.807, 2.05) is 51.1 Å². The fourth-order valence-corrected chi connectivity index (χ4v) is 5.67. The number of nitrogens with zero attached hydrogens (tertiary/aromatic N) is 1. The first-order valence-electron chi connectivity index (χ1n) is 14.3. The van der Waals surface area contributed by atoms with Gasteiger partial charge in [0.25, 0.3) is 11.8 Å². The van der Waals surface area contributed by atoms with Gasteiger partial charge in [-0.3, -0.25) is 14.4 Å². The molecule has 0 saturated heterocycles. The molecule has 5 rings (SSSR count). The Hall–Kier alpha value is -4.46. The summed E-state index contributed by atoms with van der Waals surface area (Å²) in [5.41, 5.74) is 6.75. The van der Waals surface area contributed by atoms with Crippen molar-refractivity contribution in [3.05, 3.63) is 123 Å². The Morgan fingerprint density at radius 1 is 0.837 bits per heavy atom. The van der Waals surface area contributed by atoms with Crippen LogP contribution in [0.2, 0.25) is 5.02 Å². The number of ketones is 1. The number of aliphatic hydroxyl groups is 1. The molecule has 1 heterocycles. The normalized spacial score (nSPS) is 14.4. The molecule has 0 spiro atoms. The summed E-state index contributed by atoms with van der Waals surface area (Å²) in [6, 6.07) is 23.3. The third-order valence-electron chi connectivity index (χ3n) is 7.83. The maximum atomic E-state index is 13.6. The van der Waals surface area contributed by atoms with Gasteiger partial charge in [-0.15, -0.1) is 0 Å². The van der Waals surface area contributed by atoms with Gasteiger partial charge in [0.1, 0.15) is 0 Å². The third-order valence-corrected chi connectivity index (χ3v) is 8.06. The Morgan fingerprint density at radius 2 is 1.53 bits per heavy atom. The Labute approximate surface area is 256 Å². The molecule has 43 heavy (non-hydrogen) atoms. The molecular weight excluding hydrogens is 562 g/mol. The van der Waals surface area contributed by atoms with Crippen LogP contribution >= 0.6 is 11.6 Å². The topological polar surface area (TPSA) is 98.7 Å². The number of benzene rings is 4. The van der Waals surface area contributed by atoms with Crippen LogP contribution in [0.1, 0.15) is 72.3 Å². The van der Waals surface area contributed by atoms with Crippen LogP contribution in [0.5, 0.6) is 0 Å². The minimum atomic E-state index is -0.681. The van der Waals surface area contributed by atoms with Crippen LogP contribution in [0.15, 0.2) is 78.9 Å². The number of Topliss-reactive ketones (excluding diaryl/α,β-unsaturated/α-hetero) is 1. The van der Waals surface area contributed by atoms with Crippen molar-refractivity contribution in [3.8, 4) is 0 Å². The van der Waals surface area contributed by atoms with Gasteiger partial charge < -0.3 is 20.6 Å². The summed E-state index contributed by atoms with van der Waals surface area (Å²) in [6.45, 7) is 6.22. The van der Waals surface area contributed by atoms with Crippen molar-refractivity contribution in [2.45, 2.75) is 39.7 Å². The molecule has 0 saturated carbocycles. The van der Waals surface area contributed by atoms with Crippen LogP contribution in [-0.2, 0) is 0 Å². The molecule has 1 unspecified atom stereocenters. The smallest absolute Gasteiger partial charge is 0.258 e. The first kappa shape index (κ1) is 30.0. The second kappa shape index (κ2) is 12.8. The number of hydrogen-bond donors (Lipinski definition) is 3. The lowest BCUT2D eigenvalue weighted by molar-refractivity contribution is 0.0983. The van der Waals surface area contributed by atoms with Gasteiger partial charge in [0, 0.05) is 50.9 Å². The highest BCUT2D eigenvalue weighted by atomic mass is 35.5. The summed E-state index contributed by atoms with van der Waals surface area (Å²) in [5, 5.41) is 17.2. The number of amides is 2. The number of carbonyl (C=O) groups is 3. The second-order valence-corrected chi connectivity index (χ2v) is 11.4. The van der Waals surface area contributed by atoms with Crippen molar-refractivity contribution in [1.29, 1.82) is 0 Å². The van der Waals surface area contributed by atoms with E-state index in [0.29, 0.717) is 58.0 Å². The quantitative estimate of drug-likeness (QED) is 0.195. The summed E-state index contributed by atoms with van der Waals surface area (Å²) in [6.07, 6.45) is 0.520. The van der Waals surface area contributed by atoms with Crippen molar-refractivity contribution in [2.24, 2.45) is 0 Å². The molecule has 0 radical (unpaired) electrons. The zero-order valence-electron chi connectivity index (χ0n) is 24.4. The van der Waals surface area contributed by atoms with Crippen LogP contribution in [0.4, 0.5) is 17.1 Å². The SMILES string of the molecule is Cc1ccccc1C(=O)CNc1ccc(C(=O)Nc2ccc(C(=O)N3CCCC(O)c4cc(Cl)ccc43)c(C)c2)c(C)c1. The average molecular weight is 596 g/mol. The molecule has 0 bridgehead atoms. The maximum Gasteiger partial charge on any atom is 0.258 e. The number of nitrogens with one attached hydrogen (secondary N) is 2. The van der Waals surface area contributed by atoms with Gasteiger partial charge in [0.2, 0.25) is 0 Å². The molecule has 7 nitrogen and oxygen atoms in total. The molecule has 0 aromatic heterocycles. The summed E-state index contributed by atoms with van der Waals surface area (Å²) < 4.78 is 0. The van der Waals surface area contributed by atoms with Crippen molar-refractivity contribution >= 4 is 46.3 Å². The van der Waals surface area contributed by atoms with Gasteiger partial charge in [-0.1, -0.05) is 35.9 Å². The van der Waals surface area contributed by atoms with Crippen LogP contribution < -0.4 is 15.5 Å². The Morgan fingerprint density at radius 3 is 2.28 bits per heavy atom. The summed E-state index contributed by atoms with van der Waals surface area (Å²) in [5.74, 6) is -0.448. The molecule has 2 amide bonds. The fourth-order valence-electron chi connectivity index (χ4n) is 5.48. The molecule has 1 aliphatic rings. The highest BCUT2D eigenvalue weighted by Gasteiger charge is 2.27. The minimum Gasteiger partial charge on any atom is -0.388 e. The lowest BCUT2D eigenvalue weighted by Crippen LogP contribution is -2.32. The van der Waals surface area contributed by atoms with Gasteiger partial charge in [0.15, 0.2) is 5.78 Å². The van der Waals surface area contributed by atoms with E-state index < -0.39 is 6.10 Å². The molecule has 0 aliphatic carbocycles. The first-order chi connectivity index (χ1) is 20.6. The molecular formula is C35H34ClN3O4. The molecule has 8 heteroatoms. The molecule has 4 aromatic carbocycles. The predicted molar refractivity (Wildman–Crippen MR) is 172 cm³/mol. The number of carbonyl (C=O) groups excluding carboxylic acids is 3. The van der Waals surface area contributed by atoms with E-state index in [1.54, 1.807) is 53.4 Å². The zero-order chi connectivity index (χ0) is 30.7. The van der Waals surface area contributed by atoms with E-state index in [2.05, 4.69) is 10.6 Å². The number of hydrogen-bond acceptors (Lipinski definition) is 5. The number of rotatable bonds is 7. The van der Waals surface area contributed by atoms with Crippen molar-refractivity contribution < 1.29 is 19.5 Å². The monoisotopic (exact) mass is 595 g/mol. The third kappa shape index (κ3) is 6.63. The number of fused-ring (bicyclic) bond motifs is 1. The number of halogens is 1. The lowest BCUT2D eigenvalue weighted by Gasteiger charge is -2.24. The van der Waals surface area contributed by atoms with E-state index in [4.69, 9.17) is 11.6 Å². The van der Waals surface area contributed by atoms with Crippen molar-refractivity contribution in [2.75, 3.05) is 28.6 Å². The fraction of sp³-hybridized carbons (Fsp3) is 0.229. The standard InChI is InChI=1S/C35H34ClN3O4/c1-21-7-4-5-8-27(21)33(41)20-37-25-11-13-28(22(2)17-25)34(42)38-26-12-14-29(23(3)18-26)35(43)39-16-6-9-32(40)30-19-24(36)10-15-31(30)39/h4-5,7-8,10-15,17-19,32,37,40H,6,9,16,20H2,1-3H3,(H,38,42). The van der Waals surface area contributed by atoms with E-state index in [1.165, 1.54) is 0 Å². The summed E-state index contributed by atoms with van der Waals surface area (Å²) in [4.78, 5) is 41.1. The number of anilines is 3. The van der Waals surface area contributed by atoms with E-state index >= 15 is 0 Å². The molecule has 220 valence electrons. The summed E-state index contributed by atoms with van der Waals surface area (Å²) in [7, 11) is 0. The average Bonchev–Trinajstić information content (AvgIpc) is 3.14. The highest BCUT2D eigenvalue weighted by Crippen LogP contribution is 2.36. The van der Waals surface area contributed by atoms with Gasteiger partial charge in [-0.25, -0.2) is 0 Å². The predicted octanol–water partition coefficient (Wildman–Crippen LogP) is 7.29. The van der Waals surface area contributed by atoms with E-state index in [0.717, 1.165) is 22.4 Å². The molecule has 3 N–H and O–H groups in total. The van der Waals surface area contributed by atoms with Crippen molar-refractivity contribution in [3.63, 3.8) is 0 Å². The van der Waals surface area contributed by atoms with E-state index in [9.17, 15) is 19.5 Å². The lowest BCUT2D eigenvalue weighted by atomic mass is 10.0. The van der Waals surface area contributed by atoms with E-state index in [-0.39, 0.29) is 24.1 Å². The second-order valence-electron chi connectivity index (χ2n) is 10.9. The van der Waals surface area contributed by atoms with Gasteiger partial charge in [-0.2, -0.15) is 0 Å². The molecule has 1 aliphatic heterocycles. The zero-order valence-corrected chi connectivity index (χ0v) is 25.2. The Kier molecular flexibility index (Phi) is 8.94. The molecule has 4 aromatic rings. The maximum absolute atomic E-state index is 13.6. The van der Waals surface area contributed by atoms with Crippen LogP contribution in [0.3, 0.4) is 0 Å². The van der Waals surface area contributed by atoms with Gasteiger partial charge in [0.05, 0.1) is 12.6 Å². The number of aryl methyl sites for hydroxylation is 3. The Balaban J connectivity index is 1.26. The van der Waals surface area contributed by atoms with Crippen molar-refractivity contribution in [1.82, 2.24) is 0 Å². The molecule has 1 atom stereocenters. The van der Waals surface area contributed by atoms with Gasteiger partial charge in [-0.05, 0) is 105 Å². The first-order valence-corrected chi connectivity index (χ1v) is 14.6. The van der Waals surface area contributed by atoms with Gasteiger partial charge >= 0.3 is 0 Å². The van der Waals surface area contributed by atoms with Crippen LogP contribution in [0, 0.1) is 20.8 Å². The molecule has 0 fully saturated rings. The highest BCUT2D eigenvalue weighted by molar-refractivity contribution is 6.30. The van der Waals surface area contributed by atoms with Crippen LogP contribution in [-0.4, -0.2) is 35.8 Å². The summed E-state index contributed by atoms with van der Waals surface area (Å²) >= 11 is 6.17. The largest absolute Gasteiger partial charge is 0.388 e. The number of aliphatic hydroxyl groups excluding tert-OH is 1. The van der Waals surface area contributed by atoms with Crippen LogP contribution in [0.25, 0.3) is 0 Å². The Bertz CT molecular complexity index is 1720.